The van der Waals surface area contributed by atoms with Crippen LogP contribution in [0.5, 0.6) is 5.75 Å². The van der Waals surface area contributed by atoms with Crippen LogP contribution in [-0.4, -0.2) is 15.6 Å². The van der Waals surface area contributed by atoms with Crippen molar-refractivity contribution in [2.24, 2.45) is 4.99 Å². The first-order chi connectivity index (χ1) is 20.1. The van der Waals surface area contributed by atoms with Gasteiger partial charge in [0.05, 0.1) is 21.8 Å². The van der Waals surface area contributed by atoms with Gasteiger partial charge >= 0.3 is 0 Å². The molecule has 43 heavy (non-hydrogen) atoms. The molecule has 0 unspecified atom stereocenters. The van der Waals surface area contributed by atoms with Gasteiger partial charge in [-0.25, -0.2) is 4.99 Å². The van der Waals surface area contributed by atoms with E-state index < -0.39 is 6.04 Å². The van der Waals surface area contributed by atoms with E-state index in [1.807, 2.05) is 60.7 Å². The number of carbonyl (C=O) groups is 1. The Morgan fingerprint density at radius 1 is 0.977 bits per heavy atom. The molecule has 5 rings (SSSR count). The van der Waals surface area contributed by atoms with Crippen LogP contribution in [0, 0.1) is 0 Å². The standard InChI is InChI=1S/C35H36ClN3O3S/c1-20-28(31(41)38-24-11-9-8-10-12-24)29(22-13-15-23(36)16-14-22)39-32(42)27(43-33(39)37-20)19-21-17-25(34(2,3)4)30(40)26(18-21)35(5,6)7/h8-19,29,40H,1-7H3,(H,38,41)/b27-19-/t29-/m1/s1. The van der Waals surface area contributed by atoms with Crippen LogP contribution in [0.3, 0.4) is 0 Å². The number of allylic oxidation sites excluding steroid dienone is 1. The van der Waals surface area contributed by atoms with E-state index in [2.05, 4.69) is 46.9 Å². The molecule has 222 valence electrons. The molecule has 1 atom stereocenters. The van der Waals surface area contributed by atoms with Gasteiger partial charge in [0, 0.05) is 21.8 Å². The van der Waals surface area contributed by atoms with Crippen molar-refractivity contribution in [2.75, 3.05) is 5.32 Å². The number of nitrogens with one attached hydrogen (secondary N) is 1. The number of carbonyl (C=O) groups excluding carboxylic acids is 1. The third-order valence-electron chi connectivity index (χ3n) is 7.53. The molecule has 2 N–H and O–H groups in total. The third-order valence-corrected chi connectivity index (χ3v) is 8.76. The molecule has 3 aromatic carbocycles. The van der Waals surface area contributed by atoms with Crippen molar-refractivity contribution < 1.29 is 9.90 Å². The zero-order valence-electron chi connectivity index (χ0n) is 25.4. The van der Waals surface area contributed by atoms with E-state index in [0.29, 0.717) is 31.3 Å². The van der Waals surface area contributed by atoms with Crippen LogP contribution >= 0.6 is 22.9 Å². The lowest BCUT2D eigenvalue weighted by molar-refractivity contribution is -0.113. The predicted molar refractivity (Wildman–Crippen MR) is 176 cm³/mol. The summed E-state index contributed by atoms with van der Waals surface area (Å²) in [4.78, 5) is 33.2. The average Bonchev–Trinajstić information content (AvgIpc) is 3.22. The van der Waals surface area contributed by atoms with Gasteiger partial charge < -0.3 is 10.4 Å². The van der Waals surface area contributed by atoms with Crippen molar-refractivity contribution in [2.45, 2.75) is 65.3 Å². The highest BCUT2D eigenvalue weighted by atomic mass is 35.5. The fourth-order valence-corrected chi connectivity index (χ4v) is 6.50. The van der Waals surface area contributed by atoms with Gasteiger partial charge in [0.2, 0.25) is 0 Å². The number of fused-ring (bicyclic) bond motifs is 1. The van der Waals surface area contributed by atoms with E-state index in [9.17, 15) is 14.7 Å². The Morgan fingerprint density at radius 2 is 1.56 bits per heavy atom. The quantitative estimate of drug-likeness (QED) is 0.265. The molecule has 0 bridgehead atoms. The Bertz CT molecular complexity index is 1890. The van der Waals surface area contributed by atoms with Crippen molar-refractivity contribution in [3.63, 3.8) is 0 Å². The second kappa shape index (κ2) is 11.3. The molecule has 0 saturated carbocycles. The summed E-state index contributed by atoms with van der Waals surface area (Å²) < 4.78 is 2.09. The lowest BCUT2D eigenvalue weighted by Gasteiger charge is -2.27. The molecule has 1 amide bonds. The first-order valence-corrected chi connectivity index (χ1v) is 15.4. The van der Waals surface area contributed by atoms with Gasteiger partial charge in [-0.05, 0) is 71.4 Å². The van der Waals surface area contributed by atoms with Gasteiger partial charge in [-0.1, -0.05) is 94.8 Å². The van der Waals surface area contributed by atoms with Crippen LogP contribution in [0.25, 0.3) is 6.08 Å². The van der Waals surface area contributed by atoms with Crippen molar-refractivity contribution >= 4 is 40.6 Å². The summed E-state index contributed by atoms with van der Waals surface area (Å²) in [7, 11) is 0. The van der Waals surface area contributed by atoms with E-state index >= 15 is 0 Å². The molecule has 2 heterocycles. The zero-order chi connectivity index (χ0) is 31.3. The number of aromatic hydroxyl groups is 1. The summed E-state index contributed by atoms with van der Waals surface area (Å²) in [6.07, 6.45) is 1.86. The predicted octanol–water partition coefficient (Wildman–Crippen LogP) is 6.83. The number of hydrogen-bond acceptors (Lipinski definition) is 5. The molecule has 0 spiro atoms. The van der Waals surface area contributed by atoms with Gasteiger partial charge in [0.1, 0.15) is 5.75 Å². The van der Waals surface area contributed by atoms with Crippen LogP contribution in [0.15, 0.2) is 87.8 Å². The van der Waals surface area contributed by atoms with Crippen molar-refractivity contribution in [3.8, 4) is 5.75 Å². The van der Waals surface area contributed by atoms with Crippen LogP contribution in [0.2, 0.25) is 5.02 Å². The van der Waals surface area contributed by atoms with Crippen molar-refractivity contribution in [3.05, 3.63) is 125 Å². The normalized spacial score (nSPS) is 15.7. The minimum absolute atomic E-state index is 0.246. The number of thiazole rings is 1. The Morgan fingerprint density at radius 3 is 2.12 bits per heavy atom. The molecular weight excluding hydrogens is 578 g/mol. The zero-order valence-corrected chi connectivity index (χ0v) is 27.0. The second-order valence-corrected chi connectivity index (χ2v) is 14.4. The number of phenolic OH excluding ortho intramolecular Hbond substituents is 1. The third kappa shape index (κ3) is 6.10. The molecule has 0 fully saturated rings. The molecule has 0 radical (unpaired) electrons. The van der Waals surface area contributed by atoms with Gasteiger partial charge in [0.15, 0.2) is 4.80 Å². The Labute approximate surface area is 260 Å². The van der Waals surface area contributed by atoms with Crippen LogP contribution in [-0.2, 0) is 15.6 Å². The number of benzene rings is 3. The van der Waals surface area contributed by atoms with E-state index in [4.69, 9.17) is 16.6 Å². The Kier molecular flexibility index (Phi) is 8.01. The maximum Gasteiger partial charge on any atom is 0.271 e. The summed E-state index contributed by atoms with van der Waals surface area (Å²) in [5.74, 6) is -0.0455. The molecule has 1 aliphatic heterocycles. The van der Waals surface area contributed by atoms with Gasteiger partial charge in [-0.2, -0.15) is 0 Å². The van der Waals surface area contributed by atoms with E-state index in [1.165, 1.54) is 11.3 Å². The first kappa shape index (κ1) is 30.5. The Balaban J connectivity index is 1.71. The number of halogens is 1. The fourth-order valence-electron chi connectivity index (χ4n) is 5.33. The summed E-state index contributed by atoms with van der Waals surface area (Å²) in [6, 6.07) is 19.6. The smallest absolute Gasteiger partial charge is 0.271 e. The maximum atomic E-state index is 14.2. The summed E-state index contributed by atoms with van der Waals surface area (Å²) >= 11 is 7.50. The van der Waals surface area contributed by atoms with Crippen LogP contribution in [0.1, 0.15) is 76.8 Å². The molecule has 0 aliphatic carbocycles. The summed E-state index contributed by atoms with van der Waals surface area (Å²) in [5, 5.41) is 14.7. The number of nitrogens with zero attached hydrogens (tertiary/aromatic N) is 2. The molecule has 1 aliphatic rings. The minimum Gasteiger partial charge on any atom is -0.507 e. The number of para-hydroxylation sites is 1. The SMILES string of the molecule is CC1=C(C(=O)Nc2ccccc2)[C@@H](c2ccc(Cl)cc2)n2c(s/c(=C\c3cc(C(C)(C)C)c(O)c(C(C)(C)C)c3)c2=O)=N1. The highest BCUT2D eigenvalue weighted by Crippen LogP contribution is 2.40. The monoisotopic (exact) mass is 613 g/mol. The van der Waals surface area contributed by atoms with Crippen LogP contribution in [0.4, 0.5) is 5.69 Å². The molecular formula is C35H36ClN3O3S. The number of phenols is 1. The molecule has 1 aromatic heterocycles. The minimum atomic E-state index is -0.700. The van der Waals surface area contributed by atoms with E-state index in [1.54, 1.807) is 23.6 Å². The largest absolute Gasteiger partial charge is 0.507 e. The average molecular weight is 614 g/mol. The summed E-state index contributed by atoms with van der Waals surface area (Å²) in [5.41, 5.74) is 3.90. The molecule has 8 heteroatoms. The topological polar surface area (TPSA) is 83.7 Å². The lowest BCUT2D eigenvalue weighted by Crippen LogP contribution is -2.40. The van der Waals surface area contributed by atoms with E-state index in [-0.39, 0.29) is 28.0 Å². The second-order valence-electron chi connectivity index (χ2n) is 12.9. The molecule has 4 aromatic rings. The number of anilines is 1. The Hall–Kier alpha value is -3.94. The van der Waals surface area contributed by atoms with Crippen molar-refractivity contribution in [1.29, 1.82) is 0 Å². The number of aromatic nitrogens is 1. The number of rotatable bonds is 4. The molecule has 6 nitrogen and oxygen atoms in total. The van der Waals surface area contributed by atoms with Gasteiger partial charge in [-0.15, -0.1) is 0 Å². The van der Waals surface area contributed by atoms with E-state index in [0.717, 1.165) is 22.3 Å². The van der Waals surface area contributed by atoms with Crippen LogP contribution < -0.4 is 20.2 Å². The van der Waals surface area contributed by atoms with Gasteiger partial charge in [-0.3, -0.25) is 14.2 Å². The highest BCUT2D eigenvalue weighted by Gasteiger charge is 2.33. The lowest BCUT2D eigenvalue weighted by atomic mass is 9.78. The first-order valence-electron chi connectivity index (χ1n) is 14.2. The number of amides is 1. The number of hydrogen-bond donors (Lipinski definition) is 2. The van der Waals surface area contributed by atoms with Gasteiger partial charge in [0.25, 0.3) is 11.5 Å². The van der Waals surface area contributed by atoms with Crippen molar-refractivity contribution in [1.82, 2.24) is 4.57 Å². The fraction of sp³-hybridized carbons (Fsp3) is 0.286. The summed E-state index contributed by atoms with van der Waals surface area (Å²) in [6.45, 7) is 14.1. The highest BCUT2D eigenvalue weighted by molar-refractivity contribution is 7.07. The molecule has 0 saturated heterocycles. The maximum absolute atomic E-state index is 14.2.